The van der Waals surface area contributed by atoms with E-state index in [0.29, 0.717) is 6.04 Å². The molecule has 1 fully saturated rings. The normalized spacial score (nSPS) is 18.5. The summed E-state index contributed by atoms with van der Waals surface area (Å²) < 4.78 is 2.06. The number of piperidine rings is 1. The maximum atomic E-state index is 4.59. The molecule has 0 spiro atoms. The summed E-state index contributed by atoms with van der Waals surface area (Å²) in [6, 6.07) is 2.61. The average Bonchev–Trinajstić information content (AvgIpc) is 2.78. The van der Waals surface area contributed by atoms with Gasteiger partial charge in [0, 0.05) is 12.2 Å². The van der Waals surface area contributed by atoms with Crippen LogP contribution in [-0.4, -0.2) is 22.9 Å². The Morgan fingerprint density at radius 2 is 2.25 bits per heavy atom. The summed E-state index contributed by atoms with van der Waals surface area (Å²) in [5.74, 6) is 0. The average molecular weight is 219 g/mol. The predicted octanol–water partition coefficient (Wildman–Crippen LogP) is 2.62. The van der Waals surface area contributed by atoms with E-state index in [2.05, 4.69) is 47.3 Å². The molecular weight excluding hydrogens is 198 g/mol. The Bertz CT molecular complexity index is 357. The molecule has 1 atom stereocenters. The number of rotatable bonds is 3. The van der Waals surface area contributed by atoms with Crippen molar-refractivity contribution >= 4 is 6.08 Å². The van der Waals surface area contributed by atoms with Gasteiger partial charge in [0.05, 0.1) is 5.69 Å². The zero-order valence-electron chi connectivity index (χ0n) is 10.2. The van der Waals surface area contributed by atoms with Gasteiger partial charge in [-0.2, -0.15) is 5.10 Å². The van der Waals surface area contributed by atoms with Gasteiger partial charge in [-0.25, -0.2) is 0 Å². The highest BCUT2D eigenvalue weighted by atomic mass is 15.3. The monoisotopic (exact) mass is 219 g/mol. The first-order valence-corrected chi connectivity index (χ1v) is 6.25. The van der Waals surface area contributed by atoms with Gasteiger partial charge in [0.15, 0.2) is 0 Å². The smallest absolute Gasteiger partial charge is 0.0850 e. The van der Waals surface area contributed by atoms with E-state index in [4.69, 9.17) is 0 Å². The lowest BCUT2D eigenvalue weighted by Gasteiger charge is -2.14. The van der Waals surface area contributed by atoms with Gasteiger partial charge in [-0.1, -0.05) is 12.5 Å². The SMILES string of the molecule is CCC(C)n1ccc(C=C2CCNCC2)n1. The van der Waals surface area contributed by atoms with Gasteiger partial charge in [-0.15, -0.1) is 0 Å². The first-order valence-electron chi connectivity index (χ1n) is 6.25. The Morgan fingerprint density at radius 3 is 2.94 bits per heavy atom. The van der Waals surface area contributed by atoms with Crippen molar-refractivity contribution in [3.63, 3.8) is 0 Å². The largest absolute Gasteiger partial charge is 0.316 e. The second-order valence-electron chi connectivity index (χ2n) is 4.53. The molecule has 0 saturated carbocycles. The molecule has 0 radical (unpaired) electrons. The molecule has 1 N–H and O–H groups in total. The molecule has 1 aliphatic rings. The summed E-state index contributed by atoms with van der Waals surface area (Å²) in [4.78, 5) is 0. The van der Waals surface area contributed by atoms with Crippen LogP contribution in [0, 0.1) is 0 Å². The summed E-state index contributed by atoms with van der Waals surface area (Å²) in [5, 5.41) is 7.96. The lowest BCUT2D eigenvalue weighted by atomic mass is 10.0. The second-order valence-corrected chi connectivity index (χ2v) is 4.53. The summed E-state index contributed by atoms with van der Waals surface area (Å²) in [6.07, 6.45) is 7.79. The van der Waals surface area contributed by atoms with E-state index >= 15 is 0 Å². The molecule has 0 bridgehead atoms. The van der Waals surface area contributed by atoms with Crippen molar-refractivity contribution in [2.45, 2.75) is 39.2 Å². The van der Waals surface area contributed by atoms with Crippen LogP contribution in [0.3, 0.4) is 0 Å². The lowest BCUT2D eigenvalue weighted by molar-refractivity contribution is 0.477. The molecular formula is C13H21N3. The summed E-state index contributed by atoms with van der Waals surface area (Å²) in [7, 11) is 0. The second kappa shape index (κ2) is 5.30. The van der Waals surface area contributed by atoms with Crippen LogP contribution in [0.25, 0.3) is 6.08 Å². The van der Waals surface area contributed by atoms with E-state index < -0.39 is 0 Å². The molecule has 3 heteroatoms. The summed E-state index contributed by atoms with van der Waals surface area (Å²) >= 11 is 0. The van der Waals surface area contributed by atoms with Crippen LogP contribution in [0.4, 0.5) is 0 Å². The lowest BCUT2D eigenvalue weighted by Crippen LogP contribution is -2.22. The molecule has 3 nitrogen and oxygen atoms in total. The van der Waals surface area contributed by atoms with Crippen molar-refractivity contribution in [2.24, 2.45) is 0 Å². The number of aromatic nitrogens is 2. The van der Waals surface area contributed by atoms with Gasteiger partial charge in [-0.05, 0) is 51.4 Å². The van der Waals surface area contributed by atoms with E-state index in [9.17, 15) is 0 Å². The van der Waals surface area contributed by atoms with Gasteiger partial charge < -0.3 is 5.32 Å². The third-order valence-corrected chi connectivity index (χ3v) is 3.27. The summed E-state index contributed by atoms with van der Waals surface area (Å²) in [5.41, 5.74) is 2.63. The fourth-order valence-electron chi connectivity index (χ4n) is 1.96. The minimum Gasteiger partial charge on any atom is -0.316 e. The number of nitrogens with zero attached hydrogens (tertiary/aromatic N) is 2. The van der Waals surface area contributed by atoms with Crippen molar-refractivity contribution < 1.29 is 0 Å². The van der Waals surface area contributed by atoms with E-state index in [1.807, 2.05) is 0 Å². The van der Waals surface area contributed by atoms with Crippen LogP contribution >= 0.6 is 0 Å². The van der Waals surface area contributed by atoms with Crippen molar-refractivity contribution in [3.8, 4) is 0 Å². The standard InChI is InChI=1S/C13H21N3/c1-3-11(2)16-9-6-13(15-16)10-12-4-7-14-8-5-12/h6,9-11,14H,3-5,7-8H2,1-2H3. The van der Waals surface area contributed by atoms with Crippen LogP contribution < -0.4 is 5.32 Å². The molecule has 1 aromatic heterocycles. The van der Waals surface area contributed by atoms with E-state index in [-0.39, 0.29) is 0 Å². The number of hydrogen-bond acceptors (Lipinski definition) is 2. The van der Waals surface area contributed by atoms with Crippen molar-refractivity contribution in [2.75, 3.05) is 13.1 Å². The highest BCUT2D eigenvalue weighted by Crippen LogP contribution is 2.15. The molecule has 1 unspecified atom stereocenters. The molecule has 1 saturated heterocycles. The first-order chi connectivity index (χ1) is 7.79. The molecule has 2 heterocycles. The molecule has 88 valence electrons. The molecule has 0 amide bonds. The van der Waals surface area contributed by atoms with E-state index in [1.54, 1.807) is 0 Å². The maximum absolute atomic E-state index is 4.59. The topological polar surface area (TPSA) is 29.9 Å². The van der Waals surface area contributed by atoms with Crippen LogP contribution in [-0.2, 0) is 0 Å². The van der Waals surface area contributed by atoms with Gasteiger partial charge >= 0.3 is 0 Å². The molecule has 16 heavy (non-hydrogen) atoms. The molecule has 0 aliphatic carbocycles. The molecule has 0 aromatic carbocycles. The summed E-state index contributed by atoms with van der Waals surface area (Å²) in [6.45, 7) is 6.61. The van der Waals surface area contributed by atoms with Crippen LogP contribution in [0.15, 0.2) is 17.8 Å². The van der Waals surface area contributed by atoms with Gasteiger partial charge in [0.1, 0.15) is 0 Å². The molecule has 1 aromatic rings. The zero-order chi connectivity index (χ0) is 11.4. The Balaban J connectivity index is 2.06. The predicted molar refractivity (Wildman–Crippen MR) is 67.3 cm³/mol. The number of hydrogen-bond donors (Lipinski definition) is 1. The van der Waals surface area contributed by atoms with Crippen LogP contribution in [0.2, 0.25) is 0 Å². The van der Waals surface area contributed by atoms with E-state index in [1.165, 1.54) is 5.57 Å². The fraction of sp³-hybridized carbons (Fsp3) is 0.615. The number of nitrogens with one attached hydrogen (secondary N) is 1. The van der Waals surface area contributed by atoms with Gasteiger partial charge in [-0.3, -0.25) is 4.68 Å². The minimum absolute atomic E-state index is 0.500. The minimum atomic E-state index is 0.500. The van der Waals surface area contributed by atoms with Crippen molar-refractivity contribution in [1.29, 1.82) is 0 Å². The fourth-order valence-corrected chi connectivity index (χ4v) is 1.96. The maximum Gasteiger partial charge on any atom is 0.0850 e. The Morgan fingerprint density at radius 1 is 1.50 bits per heavy atom. The molecule has 2 rings (SSSR count). The van der Waals surface area contributed by atoms with Crippen LogP contribution in [0.1, 0.15) is 44.8 Å². The van der Waals surface area contributed by atoms with Gasteiger partial charge in [0.25, 0.3) is 0 Å². The van der Waals surface area contributed by atoms with E-state index in [0.717, 1.165) is 38.0 Å². The highest BCUT2D eigenvalue weighted by molar-refractivity contribution is 5.48. The Labute approximate surface area is 97.5 Å². The van der Waals surface area contributed by atoms with Crippen molar-refractivity contribution in [1.82, 2.24) is 15.1 Å². The third-order valence-electron chi connectivity index (χ3n) is 3.27. The van der Waals surface area contributed by atoms with Crippen LogP contribution in [0.5, 0.6) is 0 Å². The Hall–Kier alpha value is -1.09. The third kappa shape index (κ3) is 2.73. The quantitative estimate of drug-likeness (QED) is 0.847. The zero-order valence-corrected chi connectivity index (χ0v) is 10.2. The van der Waals surface area contributed by atoms with Crippen molar-refractivity contribution in [3.05, 3.63) is 23.5 Å². The van der Waals surface area contributed by atoms with Gasteiger partial charge in [0.2, 0.25) is 0 Å². The molecule has 1 aliphatic heterocycles. The first kappa shape index (κ1) is 11.4. The Kier molecular flexibility index (Phi) is 3.78. The highest BCUT2D eigenvalue weighted by Gasteiger charge is 2.06.